The summed E-state index contributed by atoms with van der Waals surface area (Å²) < 4.78 is 14.4. The van der Waals surface area contributed by atoms with E-state index < -0.39 is 11.6 Å². The van der Waals surface area contributed by atoms with E-state index in [-0.39, 0.29) is 48.0 Å². The van der Waals surface area contributed by atoms with Crippen LogP contribution in [0.2, 0.25) is 20.1 Å². The lowest BCUT2D eigenvalue weighted by Gasteiger charge is -2.42. The van der Waals surface area contributed by atoms with Crippen LogP contribution < -0.4 is 4.90 Å². The van der Waals surface area contributed by atoms with Crippen molar-refractivity contribution < 1.29 is 14.0 Å². The van der Waals surface area contributed by atoms with Crippen LogP contribution in [0.3, 0.4) is 0 Å². The monoisotopic (exact) mass is 645 g/mol. The average Bonchev–Trinajstić information content (AvgIpc) is 3.23. The number of anilines is 3. The Morgan fingerprint density at radius 2 is 1.40 bits per heavy atom. The van der Waals surface area contributed by atoms with Crippen LogP contribution in [0.5, 0.6) is 0 Å². The van der Waals surface area contributed by atoms with E-state index in [2.05, 4.69) is 30.9 Å². The quantitative estimate of drug-likeness (QED) is 0.0828. The van der Waals surface area contributed by atoms with Gasteiger partial charge in [-0.3, -0.25) is 9.59 Å². The second kappa shape index (κ2) is 9.93. The van der Waals surface area contributed by atoms with Crippen LogP contribution >= 0.6 is 46.4 Å². The normalized spacial score (nSPS) is 15.0. The molecule has 5 aromatic carbocycles. The Morgan fingerprint density at radius 1 is 0.721 bits per heavy atom. The predicted octanol–water partition coefficient (Wildman–Crippen LogP) is 11.2. The van der Waals surface area contributed by atoms with Crippen LogP contribution in [0.25, 0.3) is 16.8 Å². The second-order valence-corrected chi connectivity index (χ2v) is 12.6. The number of benzene rings is 5. The SMILES string of the molecule is CC1(C)c2ccccc2N(c2cccc(F)c2)c2ccc3cc(C=C4C(=O)c5c(Cl)c(Cl)c(Cl)c(Cl)c5C4=O)ccc3c21. The zero-order valence-corrected chi connectivity index (χ0v) is 25.8. The van der Waals surface area contributed by atoms with Gasteiger partial charge in [-0.1, -0.05) is 103 Å². The van der Waals surface area contributed by atoms with Crippen LogP contribution in [0.1, 0.15) is 51.3 Å². The highest BCUT2D eigenvalue weighted by atomic mass is 35.5. The number of para-hydroxylation sites is 1. The minimum absolute atomic E-state index is 0.0370. The fraction of sp³-hybridized carbons (Fsp3) is 0.0857. The molecule has 0 atom stereocenters. The van der Waals surface area contributed by atoms with Crippen LogP contribution in [0, 0.1) is 5.82 Å². The van der Waals surface area contributed by atoms with Gasteiger partial charge in [0.1, 0.15) is 5.82 Å². The Labute approximate surface area is 267 Å². The Morgan fingerprint density at radius 3 is 2.07 bits per heavy atom. The first-order valence-electron chi connectivity index (χ1n) is 13.4. The number of rotatable bonds is 2. The molecular formula is C35H20Cl4FNO2. The Bertz CT molecular complexity index is 2070. The summed E-state index contributed by atoms with van der Waals surface area (Å²) in [5.41, 5.74) is 4.96. The van der Waals surface area contributed by atoms with Crippen LogP contribution in [0.4, 0.5) is 21.5 Å². The molecule has 0 saturated heterocycles. The molecule has 0 spiro atoms. The van der Waals surface area contributed by atoms with Crippen molar-refractivity contribution in [3.05, 3.63) is 138 Å². The highest BCUT2D eigenvalue weighted by molar-refractivity contribution is 6.57. The molecule has 2 aliphatic rings. The van der Waals surface area contributed by atoms with Crippen LogP contribution in [-0.2, 0) is 5.41 Å². The van der Waals surface area contributed by atoms with Gasteiger partial charge >= 0.3 is 0 Å². The molecule has 8 heteroatoms. The van der Waals surface area contributed by atoms with Gasteiger partial charge in [0.15, 0.2) is 11.6 Å². The zero-order chi connectivity index (χ0) is 30.4. The first kappa shape index (κ1) is 28.1. The Kier molecular flexibility index (Phi) is 6.50. The third-order valence-electron chi connectivity index (χ3n) is 8.29. The standard InChI is InChI=1S/C35H20Cl4FNO2/c1-35(2)23-8-3-4-9-24(23)41(20-7-5-6-19(40)16-20)25-13-11-18-14-17(10-12-21(18)28(25)35)15-22-33(42)26-27(34(22)43)30(37)32(39)31(38)29(26)36/h3-16H,1-2H3. The molecule has 0 saturated carbocycles. The molecule has 0 N–H and O–H groups in total. The fourth-order valence-electron chi connectivity index (χ4n) is 6.35. The van der Waals surface area contributed by atoms with Crippen molar-refractivity contribution in [1.82, 2.24) is 0 Å². The summed E-state index contributed by atoms with van der Waals surface area (Å²) in [5, 5.41) is 1.59. The minimum Gasteiger partial charge on any atom is -0.310 e. The van der Waals surface area contributed by atoms with Crippen molar-refractivity contribution in [3.8, 4) is 0 Å². The van der Waals surface area contributed by atoms with E-state index in [1.54, 1.807) is 6.07 Å². The highest BCUT2D eigenvalue weighted by Crippen LogP contribution is 2.54. The number of hydrogen-bond donors (Lipinski definition) is 0. The third kappa shape index (κ3) is 4.08. The van der Waals surface area contributed by atoms with Gasteiger partial charge in [-0.15, -0.1) is 0 Å². The number of halogens is 5. The maximum absolute atomic E-state index is 14.4. The first-order valence-corrected chi connectivity index (χ1v) is 14.9. The molecule has 5 aromatic rings. The molecular weight excluding hydrogens is 627 g/mol. The second-order valence-electron chi connectivity index (χ2n) is 11.1. The van der Waals surface area contributed by atoms with E-state index in [1.807, 2.05) is 48.5 Å². The smallest absolute Gasteiger partial charge is 0.199 e. The number of hydrogen-bond acceptors (Lipinski definition) is 3. The number of allylic oxidation sites excluding steroid dienone is 1. The number of fused-ring (bicyclic) bond motifs is 5. The summed E-state index contributed by atoms with van der Waals surface area (Å²) >= 11 is 25.0. The topological polar surface area (TPSA) is 37.4 Å². The third-order valence-corrected chi connectivity index (χ3v) is 10.1. The molecule has 212 valence electrons. The number of ketones is 2. The van der Waals surface area contributed by atoms with E-state index in [4.69, 9.17) is 46.4 Å². The maximum atomic E-state index is 14.4. The molecule has 1 aliphatic carbocycles. The van der Waals surface area contributed by atoms with Gasteiger partial charge in [0.25, 0.3) is 0 Å². The van der Waals surface area contributed by atoms with Crippen LogP contribution in [0.15, 0.2) is 84.4 Å². The first-order chi connectivity index (χ1) is 20.5. The Hall–Kier alpha value is -3.67. The highest BCUT2D eigenvalue weighted by Gasteiger charge is 2.40. The lowest BCUT2D eigenvalue weighted by Crippen LogP contribution is -2.30. The summed E-state index contributed by atoms with van der Waals surface area (Å²) in [6.07, 6.45) is 1.54. The van der Waals surface area contributed by atoms with Gasteiger partial charge in [-0.2, -0.15) is 0 Å². The molecule has 0 fully saturated rings. The van der Waals surface area contributed by atoms with Crippen molar-refractivity contribution in [1.29, 1.82) is 0 Å². The van der Waals surface area contributed by atoms with Gasteiger partial charge < -0.3 is 4.90 Å². The van der Waals surface area contributed by atoms with E-state index in [0.29, 0.717) is 5.56 Å². The molecule has 0 unspecified atom stereocenters. The molecule has 7 rings (SSSR count). The lowest BCUT2D eigenvalue weighted by molar-refractivity contribution is 0.0990. The van der Waals surface area contributed by atoms with Gasteiger partial charge in [-0.05, 0) is 69.9 Å². The molecule has 0 bridgehead atoms. The number of carbonyl (C=O) groups is 2. The molecule has 1 aliphatic heterocycles. The van der Waals surface area contributed by atoms with E-state index in [1.165, 1.54) is 18.2 Å². The van der Waals surface area contributed by atoms with Crippen molar-refractivity contribution in [2.24, 2.45) is 0 Å². The largest absolute Gasteiger partial charge is 0.310 e. The zero-order valence-electron chi connectivity index (χ0n) is 22.7. The van der Waals surface area contributed by atoms with E-state index >= 15 is 0 Å². The van der Waals surface area contributed by atoms with Gasteiger partial charge in [0.2, 0.25) is 0 Å². The minimum atomic E-state index is -0.556. The molecule has 1 heterocycles. The van der Waals surface area contributed by atoms with Crippen molar-refractivity contribution in [2.75, 3.05) is 4.90 Å². The van der Waals surface area contributed by atoms with Crippen molar-refractivity contribution in [2.45, 2.75) is 19.3 Å². The maximum Gasteiger partial charge on any atom is 0.199 e. The summed E-state index contributed by atoms with van der Waals surface area (Å²) in [6.45, 7) is 4.36. The molecule has 0 aromatic heterocycles. The molecule has 43 heavy (non-hydrogen) atoms. The van der Waals surface area contributed by atoms with Crippen LogP contribution in [-0.4, -0.2) is 11.6 Å². The number of nitrogens with zero attached hydrogens (tertiary/aromatic N) is 1. The van der Waals surface area contributed by atoms with Crippen molar-refractivity contribution >= 4 is 91.9 Å². The van der Waals surface area contributed by atoms with E-state index in [0.717, 1.165) is 39.0 Å². The van der Waals surface area contributed by atoms with Gasteiger partial charge in [0.05, 0.1) is 48.2 Å². The van der Waals surface area contributed by atoms with Gasteiger partial charge in [0, 0.05) is 11.1 Å². The number of carbonyl (C=O) groups excluding carboxylic acids is 2. The molecule has 0 amide bonds. The lowest BCUT2D eigenvalue weighted by atomic mass is 9.71. The number of Topliss-reactive ketones (excluding diaryl/α,β-unsaturated/α-hetero) is 2. The summed E-state index contributed by atoms with van der Waals surface area (Å²) in [5.74, 6) is -1.43. The summed E-state index contributed by atoms with van der Waals surface area (Å²) in [6, 6.07) is 24.5. The van der Waals surface area contributed by atoms with Crippen molar-refractivity contribution in [3.63, 3.8) is 0 Å². The predicted molar refractivity (Wildman–Crippen MR) is 174 cm³/mol. The van der Waals surface area contributed by atoms with Gasteiger partial charge in [-0.25, -0.2) is 4.39 Å². The summed E-state index contributed by atoms with van der Waals surface area (Å²) in [7, 11) is 0. The average molecular weight is 647 g/mol. The molecule has 3 nitrogen and oxygen atoms in total. The summed E-state index contributed by atoms with van der Waals surface area (Å²) in [4.78, 5) is 28.8. The fourth-order valence-corrected chi connectivity index (χ4v) is 7.38. The molecule has 0 radical (unpaired) electrons. The Balaban J connectivity index is 1.39. The van der Waals surface area contributed by atoms with E-state index in [9.17, 15) is 14.0 Å².